The maximum atomic E-state index is 11.9. The number of nitrogens with one attached hydrogen (secondary N) is 1. The van der Waals surface area contributed by atoms with Crippen LogP contribution in [0.25, 0.3) is 0 Å². The lowest BCUT2D eigenvalue weighted by Crippen LogP contribution is -2.47. The van der Waals surface area contributed by atoms with Crippen molar-refractivity contribution in [3.63, 3.8) is 0 Å². The summed E-state index contributed by atoms with van der Waals surface area (Å²) in [6.45, 7) is 5.91. The van der Waals surface area contributed by atoms with Gasteiger partial charge >= 0.3 is 0 Å². The lowest BCUT2D eigenvalue weighted by atomic mass is 10.0. The fourth-order valence-corrected chi connectivity index (χ4v) is 3.62. The largest absolute Gasteiger partial charge is 0.395 e. The van der Waals surface area contributed by atoms with E-state index in [4.69, 9.17) is 0 Å². The first kappa shape index (κ1) is 12.9. The van der Waals surface area contributed by atoms with Gasteiger partial charge in [0.2, 0.25) is 0 Å². The molecule has 0 radical (unpaired) electrons. The molecule has 5 nitrogen and oxygen atoms in total. The normalized spacial score (nSPS) is 28.9. The zero-order valence-electron chi connectivity index (χ0n) is 9.47. The minimum Gasteiger partial charge on any atom is -0.395 e. The van der Waals surface area contributed by atoms with Crippen molar-refractivity contribution >= 4 is 10.2 Å². The third-order valence-electron chi connectivity index (χ3n) is 2.71. The molecule has 1 saturated heterocycles. The Morgan fingerprint density at radius 2 is 2.13 bits per heavy atom. The molecule has 1 aliphatic heterocycles. The van der Waals surface area contributed by atoms with Crippen LogP contribution in [0.5, 0.6) is 0 Å². The summed E-state index contributed by atoms with van der Waals surface area (Å²) in [5.41, 5.74) is 0. The van der Waals surface area contributed by atoms with E-state index in [1.165, 1.54) is 4.31 Å². The van der Waals surface area contributed by atoms with Crippen molar-refractivity contribution in [2.45, 2.75) is 39.3 Å². The number of aliphatic hydroxyl groups excluding tert-OH is 1. The van der Waals surface area contributed by atoms with Crippen molar-refractivity contribution in [1.82, 2.24) is 9.03 Å². The second-order valence-electron chi connectivity index (χ2n) is 4.40. The molecule has 1 rings (SSSR count). The van der Waals surface area contributed by atoms with Crippen molar-refractivity contribution in [3.8, 4) is 0 Å². The molecule has 2 N–H and O–H groups in total. The second-order valence-corrected chi connectivity index (χ2v) is 6.06. The predicted molar refractivity (Wildman–Crippen MR) is 58.6 cm³/mol. The summed E-state index contributed by atoms with van der Waals surface area (Å²) in [5, 5.41) is 9.17. The molecular formula is C9H20N2O3S. The Hall–Kier alpha value is -0.170. The van der Waals surface area contributed by atoms with Crippen LogP contribution < -0.4 is 4.72 Å². The Kier molecular flexibility index (Phi) is 4.11. The van der Waals surface area contributed by atoms with Crippen LogP contribution in [0.1, 0.15) is 27.2 Å². The molecule has 0 amide bonds. The van der Waals surface area contributed by atoms with Crippen molar-refractivity contribution in [2.24, 2.45) is 5.92 Å². The first-order chi connectivity index (χ1) is 6.88. The zero-order chi connectivity index (χ0) is 11.6. The van der Waals surface area contributed by atoms with Gasteiger partial charge in [-0.2, -0.15) is 17.4 Å². The molecular weight excluding hydrogens is 216 g/mol. The summed E-state index contributed by atoms with van der Waals surface area (Å²) in [4.78, 5) is 0. The van der Waals surface area contributed by atoms with Crippen molar-refractivity contribution < 1.29 is 13.5 Å². The number of hydrogen-bond donors (Lipinski definition) is 2. The standard InChI is InChI=1S/C9H20N2O3S/c1-7(2)10-15(13,14)11-5-4-8(3)9(11)6-12/h7-10,12H,4-6H2,1-3H3. The smallest absolute Gasteiger partial charge is 0.280 e. The van der Waals surface area contributed by atoms with Crippen molar-refractivity contribution in [1.29, 1.82) is 0 Å². The maximum absolute atomic E-state index is 11.9. The Morgan fingerprint density at radius 1 is 1.53 bits per heavy atom. The molecule has 0 bridgehead atoms. The Balaban J connectivity index is 2.79. The highest BCUT2D eigenvalue weighted by Gasteiger charge is 2.38. The predicted octanol–water partition coefficient (Wildman–Crippen LogP) is -0.0681. The molecule has 90 valence electrons. The van der Waals surface area contributed by atoms with E-state index in [0.717, 1.165) is 6.42 Å². The average Bonchev–Trinajstić information content (AvgIpc) is 2.44. The highest BCUT2D eigenvalue weighted by atomic mass is 32.2. The quantitative estimate of drug-likeness (QED) is 0.718. The number of nitrogens with zero attached hydrogens (tertiary/aromatic N) is 1. The van der Waals surface area contributed by atoms with Crippen LogP contribution in [0.4, 0.5) is 0 Å². The Bertz CT molecular complexity index is 302. The lowest BCUT2D eigenvalue weighted by Gasteiger charge is -2.25. The van der Waals surface area contributed by atoms with Gasteiger partial charge in [0, 0.05) is 12.6 Å². The highest BCUT2D eigenvalue weighted by molar-refractivity contribution is 7.87. The third-order valence-corrected chi connectivity index (χ3v) is 4.55. The van der Waals surface area contributed by atoms with Crippen LogP contribution in [-0.2, 0) is 10.2 Å². The van der Waals surface area contributed by atoms with Gasteiger partial charge in [0.25, 0.3) is 10.2 Å². The molecule has 0 spiro atoms. The molecule has 0 aliphatic carbocycles. The molecule has 0 aromatic heterocycles. The van der Waals surface area contributed by atoms with Crippen LogP contribution >= 0.6 is 0 Å². The van der Waals surface area contributed by atoms with Gasteiger partial charge in [0.1, 0.15) is 0 Å². The molecule has 1 heterocycles. The molecule has 0 aromatic carbocycles. The van der Waals surface area contributed by atoms with E-state index in [2.05, 4.69) is 4.72 Å². The van der Waals surface area contributed by atoms with Crippen LogP contribution in [0.2, 0.25) is 0 Å². The molecule has 15 heavy (non-hydrogen) atoms. The Morgan fingerprint density at radius 3 is 2.60 bits per heavy atom. The fraction of sp³-hybridized carbons (Fsp3) is 1.00. The minimum atomic E-state index is -3.43. The van der Waals surface area contributed by atoms with Crippen LogP contribution in [0.15, 0.2) is 0 Å². The highest BCUT2D eigenvalue weighted by Crippen LogP contribution is 2.25. The second kappa shape index (κ2) is 4.78. The monoisotopic (exact) mass is 236 g/mol. The summed E-state index contributed by atoms with van der Waals surface area (Å²) in [6.07, 6.45) is 0.810. The van der Waals surface area contributed by atoms with Gasteiger partial charge in [-0.15, -0.1) is 0 Å². The van der Waals surface area contributed by atoms with E-state index in [-0.39, 0.29) is 24.6 Å². The number of aliphatic hydroxyl groups is 1. The van der Waals surface area contributed by atoms with Gasteiger partial charge < -0.3 is 5.11 Å². The van der Waals surface area contributed by atoms with Gasteiger partial charge in [-0.25, -0.2) is 0 Å². The minimum absolute atomic E-state index is 0.111. The van der Waals surface area contributed by atoms with Crippen LogP contribution in [-0.4, -0.2) is 43.1 Å². The van der Waals surface area contributed by atoms with E-state index < -0.39 is 10.2 Å². The van der Waals surface area contributed by atoms with Crippen molar-refractivity contribution in [2.75, 3.05) is 13.2 Å². The molecule has 1 fully saturated rings. The summed E-state index contributed by atoms with van der Waals surface area (Å²) >= 11 is 0. The average molecular weight is 236 g/mol. The van der Waals surface area contributed by atoms with E-state index in [9.17, 15) is 13.5 Å². The SMILES string of the molecule is CC(C)NS(=O)(=O)N1CCC(C)C1CO. The molecule has 2 unspecified atom stereocenters. The van der Waals surface area contributed by atoms with Crippen LogP contribution in [0, 0.1) is 5.92 Å². The zero-order valence-corrected chi connectivity index (χ0v) is 10.3. The van der Waals surface area contributed by atoms with Gasteiger partial charge in [-0.1, -0.05) is 6.92 Å². The van der Waals surface area contributed by atoms with Gasteiger partial charge in [0.15, 0.2) is 0 Å². The Labute approximate surface area is 91.7 Å². The molecule has 0 aromatic rings. The van der Waals surface area contributed by atoms with E-state index in [1.807, 2.05) is 6.92 Å². The van der Waals surface area contributed by atoms with E-state index in [1.54, 1.807) is 13.8 Å². The first-order valence-corrected chi connectivity index (χ1v) is 6.72. The summed E-state index contributed by atoms with van der Waals surface area (Å²) in [6, 6.07) is -0.397. The fourth-order valence-electron chi connectivity index (χ4n) is 1.91. The summed E-state index contributed by atoms with van der Waals surface area (Å²) in [5.74, 6) is 0.221. The van der Waals surface area contributed by atoms with Gasteiger partial charge in [-0.05, 0) is 26.2 Å². The number of rotatable bonds is 4. The summed E-state index contributed by atoms with van der Waals surface area (Å²) in [7, 11) is -3.43. The molecule has 0 saturated carbocycles. The summed E-state index contributed by atoms with van der Waals surface area (Å²) < 4.78 is 27.6. The van der Waals surface area contributed by atoms with E-state index >= 15 is 0 Å². The molecule has 2 atom stereocenters. The van der Waals surface area contributed by atoms with Crippen LogP contribution in [0.3, 0.4) is 0 Å². The van der Waals surface area contributed by atoms with Gasteiger partial charge in [0.05, 0.1) is 12.6 Å². The number of hydrogen-bond acceptors (Lipinski definition) is 3. The first-order valence-electron chi connectivity index (χ1n) is 5.28. The molecule has 1 aliphatic rings. The molecule has 6 heteroatoms. The van der Waals surface area contributed by atoms with Gasteiger partial charge in [-0.3, -0.25) is 0 Å². The lowest BCUT2D eigenvalue weighted by molar-refractivity contribution is 0.190. The topological polar surface area (TPSA) is 69.6 Å². The third kappa shape index (κ3) is 2.90. The van der Waals surface area contributed by atoms with Crippen molar-refractivity contribution in [3.05, 3.63) is 0 Å². The van der Waals surface area contributed by atoms with E-state index in [0.29, 0.717) is 6.54 Å². The maximum Gasteiger partial charge on any atom is 0.280 e.